The number of nitrogens with one attached hydrogen (secondary N) is 2. The van der Waals surface area contributed by atoms with E-state index in [1.54, 1.807) is 31.4 Å². The molecule has 0 saturated carbocycles. The van der Waals surface area contributed by atoms with Crippen LogP contribution in [-0.4, -0.2) is 73.3 Å². The van der Waals surface area contributed by atoms with Gasteiger partial charge in [-0.3, -0.25) is 14.5 Å². The van der Waals surface area contributed by atoms with Crippen LogP contribution in [0.4, 0.5) is 11.4 Å². The summed E-state index contributed by atoms with van der Waals surface area (Å²) in [5, 5.41) is 13.7. The van der Waals surface area contributed by atoms with Crippen molar-refractivity contribution in [2.45, 2.75) is 6.42 Å². The average Bonchev–Trinajstić information content (AvgIpc) is 3.39. The smallest absolute Gasteiger partial charge is 0.286 e. The Balaban J connectivity index is 1.16. The molecule has 0 aliphatic carbocycles. The van der Waals surface area contributed by atoms with Crippen molar-refractivity contribution in [2.24, 2.45) is 0 Å². The van der Waals surface area contributed by atoms with E-state index in [2.05, 4.69) is 54.9 Å². The first kappa shape index (κ1) is 23.7. The molecular weight excluding hydrogens is 452 g/mol. The second kappa shape index (κ2) is 11.6. The average molecular weight is 481 g/mol. The van der Waals surface area contributed by atoms with Gasteiger partial charge in [-0.1, -0.05) is 29.5 Å². The molecule has 1 saturated heterocycles. The summed E-state index contributed by atoms with van der Waals surface area (Å²) < 4.78 is 5.10. The van der Waals surface area contributed by atoms with Gasteiger partial charge >= 0.3 is 0 Å². The van der Waals surface area contributed by atoms with Gasteiger partial charge in [-0.05, 0) is 49.4 Å². The Morgan fingerprint density at radius 2 is 1.62 bits per heavy atom. The molecule has 1 fully saturated rings. The Morgan fingerprint density at radius 3 is 2.29 bits per heavy atom. The number of nitrogens with zero attached hydrogens (tertiary/aromatic N) is 4. The molecule has 2 heterocycles. The molecule has 9 nitrogen and oxygen atoms in total. The van der Waals surface area contributed by atoms with Gasteiger partial charge in [0.25, 0.3) is 11.8 Å². The maximum Gasteiger partial charge on any atom is 0.286 e. The summed E-state index contributed by atoms with van der Waals surface area (Å²) in [4.78, 5) is 29.6. The summed E-state index contributed by atoms with van der Waals surface area (Å²) in [5.41, 5.74) is 1.88. The Morgan fingerprint density at radius 1 is 0.941 bits per heavy atom. The first-order valence-electron chi connectivity index (χ1n) is 11.2. The SMILES string of the molecule is COc1ccc(NC(=O)c2nnc(C(=O)NCCCN3CCN(c4ccccc4)CC3)s2)cc1. The van der Waals surface area contributed by atoms with E-state index in [0.717, 1.165) is 50.5 Å². The van der Waals surface area contributed by atoms with Crippen molar-refractivity contribution in [3.8, 4) is 5.75 Å². The minimum Gasteiger partial charge on any atom is -0.497 e. The van der Waals surface area contributed by atoms with E-state index in [1.807, 2.05) is 6.07 Å². The molecule has 0 bridgehead atoms. The highest BCUT2D eigenvalue weighted by atomic mass is 32.1. The Labute approximate surface area is 202 Å². The Kier molecular flexibility index (Phi) is 8.05. The van der Waals surface area contributed by atoms with Crippen molar-refractivity contribution in [3.63, 3.8) is 0 Å². The van der Waals surface area contributed by atoms with E-state index in [-0.39, 0.29) is 15.9 Å². The highest BCUT2D eigenvalue weighted by molar-refractivity contribution is 7.15. The minimum absolute atomic E-state index is 0.136. The number of hydrogen-bond acceptors (Lipinski definition) is 8. The van der Waals surface area contributed by atoms with Crippen LogP contribution in [0.15, 0.2) is 54.6 Å². The van der Waals surface area contributed by atoms with Gasteiger partial charge < -0.3 is 20.3 Å². The largest absolute Gasteiger partial charge is 0.497 e. The molecule has 34 heavy (non-hydrogen) atoms. The highest BCUT2D eigenvalue weighted by Crippen LogP contribution is 2.18. The van der Waals surface area contributed by atoms with Crippen molar-refractivity contribution >= 4 is 34.5 Å². The van der Waals surface area contributed by atoms with Gasteiger partial charge in [0.2, 0.25) is 10.0 Å². The number of rotatable bonds is 9. The fraction of sp³-hybridized carbons (Fsp3) is 0.333. The van der Waals surface area contributed by atoms with Crippen LogP contribution in [0.1, 0.15) is 26.0 Å². The number of amides is 2. The van der Waals surface area contributed by atoms with Crippen LogP contribution in [0.25, 0.3) is 0 Å². The lowest BCUT2D eigenvalue weighted by molar-refractivity contribution is 0.0949. The van der Waals surface area contributed by atoms with E-state index in [0.29, 0.717) is 18.0 Å². The molecule has 2 aromatic carbocycles. The zero-order chi connectivity index (χ0) is 23.8. The van der Waals surface area contributed by atoms with E-state index in [4.69, 9.17) is 4.74 Å². The molecule has 178 valence electrons. The predicted octanol–water partition coefficient (Wildman–Crippen LogP) is 2.74. The quantitative estimate of drug-likeness (QED) is 0.454. The topological polar surface area (TPSA) is 99.7 Å². The number of ether oxygens (including phenoxy) is 1. The van der Waals surface area contributed by atoms with Gasteiger partial charge in [0.05, 0.1) is 7.11 Å². The normalized spacial score (nSPS) is 14.0. The number of anilines is 2. The number of carbonyl (C=O) groups is 2. The number of methoxy groups -OCH3 is 1. The summed E-state index contributed by atoms with van der Waals surface area (Å²) in [6.45, 7) is 5.49. The van der Waals surface area contributed by atoms with Crippen LogP contribution in [0.2, 0.25) is 0 Å². The lowest BCUT2D eigenvalue weighted by Crippen LogP contribution is -2.47. The fourth-order valence-electron chi connectivity index (χ4n) is 3.71. The van der Waals surface area contributed by atoms with Crippen molar-refractivity contribution < 1.29 is 14.3 Å². The van der Waals surface area contributed by atoms with E-state index >= 15 is 0 Å². The fourth-order valence-corrected chi connectivity index (χ4v) is 4.37. The second-order valence-corrected chi connectivity index (χ2v) is 8.85. The molecule has 0 spiro atoms. The number of piperazine rings is 1. The van der Waals surface area contributed by atoms with Crippen LogP contribution < -0.4 is 20.3 Å². The van der Waals surface area contributed by atoms with Crippen LogP contribution in [0.3, 0.4) is 0 Å². The van der Waals surface area contributed by atoms with E-state index in [9.17, 15) is 9.59 Å². The first-order valence-corrected chi connectivity index (χ1v) is 12.0. The molecule has 1 aromatic heterocycles. The molecule has 4 rings (SSSR count). The summed E-state index contributed by atoms with van der Waals surface area (Å²) >= 11 is 0.973. The summed E-state index contributed by atoms with van der Waals surface area (Å²) in [6, 6.07) is 17.4. The van der Waals surface area contributed by atoms with Crippen LogP contribution in [0, 0.1) is 0 Å². The third-order valence-electron chi connectivity index (χ3n) is 5.59. The summed E-state index contributed by atoms with van der Waals surface area (Å²) in [6.07, 6.45) is 0.848. The Bertz CT molecular complexity index is 1080. The van der Waals surface area contributed by atoms with Crippen molar-refractivity contribution in [1.82, 2.24) is 20.4 Å². The zero-order valence-electron chi connectivity index (χ0n) is 19.1. The minimum atomic E-state index is -0.406. The first-order chi connectivity index (χ1) is 16.6. The molecular formula is C24H28N6O3S. The van der Waals surface area contributed by atoms with Gasteiger partial charge in [0, 0.05) is 44.1 Å². The standard InChI is InChI=1S/C24H28N6O3S/c1-33-20-10-8-18(9-11-20)26-22(32)24-28-27-23(34-24)21(31)25-12-5-13-29-14-16-30(17-15-29)19-6-3-2-4-7-19/h2-4,6-11H,5,12-17H2,1H3,(H,25,31)(H,26,32). The maximum absolute atomic E-state index is 12.4. The van der Waals surface area contributed by atoms with Crippen LogP contribution in [0.5, 0.6) is 5.75 Å². The third kappa shape index (κ3) is 6.30. The predicted molar refractivity (Wildman–Crippen MR) is 133 cm³/mol. The van der Waals surface area contributed by atoms with Gasteiger partial charge in [-0.15, -0.1) is 10.2 Å². The molecule has 1 aliphatic rings. The van der Waals surface area contributed by atoms with Gasteiger partial charge in [-0.2, -0.15) is 0 Å². The number of benzene rings is 2. The van der Waals surface area contributed by atoms with Crippen molar-refractivity contribution in [2.75, 3.05) is 56.6 Å². The monoisotopic (exact) mass is 480 g/mol. The summed E-state index contributed by atoms with van der Waals surface area (Å²) in [7, 11) is 1.58. The van der Waals surface area contributed by atoms with Crippen LogP contribution in [-0.2, 0) is 0 Å². The lowest BCUT2D eigenvalue weighted by atomic mass is 10.2. The van der Waals surface area contributed by atoms with Crippen LogP contribution >= 0.6 is 11.3 Å². The van der Waals surface area contributed by atoms with Crippen molar-refractivity contribution in [1.29, 1.82) is 0 Å². The number of aromatic nitrogens is 2. The van der Waals surface area contributed by atoms with Gasteiger partial charge in [0.1, 0.15) is 5.75 Å². The molecule has 2 amide bonds. The maximum atomic E-state index is 12.4. The molecule has 10 heteroatoms. The number of hydrogen-bond donors (Lipinski definition) is 2. The molecule has 1 aliphatic heterocycles. The highest BCUT2D eigenvalue weighted by Gasteiger charge is 2.19. The zero-order valence-corrected chi connectivity index (χ0v) is 19.9. The van der Waals surface area contributed by atoms with E-state index < -0.39 is 5.91 Å². The second-order valence-electron chi connectivity index (χ2n) is 7.87. The lowest BCUT2D eigenvalue weighted by Gasteiger charge is -2.36. The van der Waals surface area contributed by atoms with Gasteiger partial charge in [0.15, 0.2) is 0 Å². The molecule has 0 atom stereocenters. The Hall–Kier alpha value is -3.50. The molecule has 2 N–H and O–H groups in total. The van der Waals surface area contributed by atoms with Gasteiger partial charge in [-0.25, -0.2) is 0 Å². The molecule has 0 radical (unpaired) electrons. The number of carbonyl (C=O) groups excluding carboxylic acids is 2. The van der Waals surface area contributed by atoms with E-state index in [1.165, 1.54) is 5.69 Å². The summed E-state index contributed by atoms with van der Waals surface area (Å²) in [5.74, 6) is -0.0198. The molecule has 3 aromatic rings. The number of para-hydroxylation sites is 1. The third-order valence-corrected chi connectivity index (χ3v) is 6.51. The molecule has 0 unspecified atom stereocenters. The van der Waals surface area contributed by atoms with Crippen molar-refractivity contribution in [3.05, 3.63) is 64.6 Å².